The first kappa shape index (κ1) is 30.6. The number of benzene rings is 1. The minimum atomic E-state index is -5.77. The second kappa shape index (κ2) is 11.7. The van der Waals surface area contributed by atoms with E-state index in [9.17, 15) is 26.4 Å². The van der Waals surface area contributed by atoms with E-state index in [0.29, 0.717) is 31.8 Å². The number of hydrogen-bond acceptors (Lipinski definition) is 7. The van der Waals surface area contributed by atoms with Crippen molar-refractivity contribution >= 4 is 16.1 Å². The molecule has 3 aliphatic carbocycles. The van der Waals surface area contributed by atoms with Crippen molar-refractivity contribution in [1.29, 1.82) is 0 Å². The van der Waals surface area contributed by atoms with Gasteiger partial charge in [0.25, 0.3) is 0 Å². The van der Waals surface area contributed by atoms with Crippen LogP contribution >= 0.6 is 0 Å². The molecule has 1 aromatic heterocycles. The van der Waals surface area contributed by atoms with Crippen LogP contribution < -0.4 is 8.92 Å². The van der Waals surface area contributed by atoms with Gasteiger partial charge < -0.3 is 13.7 Å². The van der Waals surface area contributed by atoms with E-state index in [4.69, 9.17) is 9.47 Å². The Balaban J connectivity index is 1.36. The number of carbonyl (C=O) groups excluding carboxylic acids is 1. The molecule has 0 aliphatic heterocycles. The summed E-state index contributed by atoms with van der Waals surface area (Å²) in [7, 11) is -4.38. The Bertz CT molecular complexity index is 1420. The standard InChI is InChI=1S/C31H38F3NO6S/c1-19(18-40-27-11-14-35-26-6-4-5-20(2)28(26)27)15-23-16-22-17-24(41-42(37,38)31(32,33)34)7-8-25(22)30(23)12-9-21(10-13-30)29(36)39-3/h7-8,11,14,17,19-21,23H,4-6,9-10,12-13,15-16,18H2,1-3H3/t19-,20-,21?,23?,30?/m1/s1. The molecule has 2 aromatic rings. The number of aryl methyl sites for hydroxylation is 1. The molecule has 5 rings (SSSR count). The fraction of sp³-hybridized carbons (Fsp3) is 0.613. The average molecular weight is 610 g/mol. The van der Waals surface area contributed by atoms with Crippen LogP contribution in [0.5, 0.6) is 11.5 Å². The maximum absolute atomic E-state index is 13.0. The zero-order chi connectivity index (χ0) is 30.3. The molecule has 1 heterocycles. The van der Waals surface area contributed by atoms with Crippen molar-refractivity contribution in [3.63, 3.8) is 0 Å². The van der Waals surface area contributed by atoms with Gasteiger partial charge in [-0.15, -0.1) is 0 Å². The number of rotatable bonds is 8. The minimum absolute atomic E-state index is 0.143. The normalized spacial score (nSPS) is 26.3. The van der Waals surface area contributed by atoms with Gasteiger partial charge in [0, 0.05) is 17.5 Å². The fourth-order valence-corrected chi connectivity index (χ4v) is 7.96. The lowest BCUT2D eigenvalue weighted by Gasteiger charge is -2.43. The van der Waals surface area contributed by atoms with E-state index in [1.165, 1.54) is 24.8 Å². The van der Waals surface area contributed by atoms with Gasteiger partial charge in [0.05, 0.1) is 19.6 Å². The van der Waals surface area contributed by atoms with Gasteiger partial charge in [-0.1, -0.05) is 19.9 Å². The monoisotopic (exact) mass is 609 g/mol. The SMILES string of the molecule is COC(=O)C1CCC2(CC1)c1ccc(OS(=O)(=O)C(F)(F)F)cc1CC2C[C@@H](C)COc1ccnc2c1[C@H](C)CCC2. The lowest BCUT2D eigenvalue weighted by atomic mass is 9.61. The Hall–Kier alpha value is -2.82. The molecule has 3 aliphatic rings. The molecule has 3 atom stereocenters. The molecule has 1 unspecified atom stereocenters. The summed E-state index contributed by atoms with van der Waals surface area (Å²) < 4.78 is 78.0. The highest BCUT2D eigenvalue weighted by Crippen LogP contribution is 2.55. The Labute approximate surface area is 245 Å². The first-order chi connectivity index (χ1) is 19.8. The molecular formula is C31H38F3NO6S. The summed E-state index contributed by atoms with van der Waals surface area (Å²) in [5.41, 5.74) is -1.70. The summed E-state index contributed by atoms with van der Waals surface area (Å²) in [5, 5.41) is 0. The van der Waals surface area contributed by atoms with E-state index >= 15 is 0 Å². The van der Waals surface area contributed by atoms with Crippen LogP contribution in [0.15, 0.2) is 30.5 Å². The van der Waals surface area contributed by atoms with Gasteiger partial charge in [-0.2, -0.15) is 21.6 Å². The quantitative estimate of drug-likeness (QED) is 0.189. The molecular weight excluding hydrogens is 571 g/mol. The largest absolute Gasteiger partial charge is 0.534 e. The van der Waals surface area contributed by atoms with Gasteiger partial charge >= 0.3 is 21.6 Å². The van der Waals surface area contributed by atoms with Gasteiger partial charge in [-0.05, 0) is 110 Å². The minimum Gasteiger partial charge on any atom is -0.493 e. The number of esters is 1. The predicted octanol–water partition coefficient (Wildman–Crippen LogP) is 6.63. The summed E-state index contributed by atoms with van der Waals surface area (Å²) in [6.45, 7) is 4.85. The van der Waals surface area contributed by atoms with Gasteiger partial charge in [0.15, 0.2) is 0 Å². The summed E-state index contributed by atoms with van der Waals surface area (Å²) in [6.07, 6.45) is 9.13. The number of methoxy groups -OCH3 is 1. The van der Waals surface area contributed by atoms with Crippen LogP contribution in [0, 0.1) is 17.8 Å². The molecule has 0 amide bonds. The van der Waals surface area contributed by atoms with Gasteiger partial charge in [0.1, 0.15) is 11.5 Å². The smallest absolute Gasteiger partial charge is 0.493 e. The van der Waals surface area contributed by atoms with Crippen LogP contribution in [0.4, 0.5) is 13.2 Å². The molecule has 0 radical (unpaired) electrons. The van der Waals surface area contributed by atoms with Crippen LogP contribution in [0.3, 0.4) is 0 Å². The summed E-state index contributed by atoms with van der Waals surface area (Å²) in [5.74, 6) is 0.826. The first-order valence-corrected chi connectivity index (χ1v) is 16.1. The lowest BCUT2D eigenvalue weighted by Crippen LogP contribution is -2.39. The molecule has 0 bridgehead atoms. The van der Waals surface area contributed by atoms with Crippen molar-refractivity contribution < 1.29 is 40.0 Å². The highest BCUT2D eigenvalue weighted by Gasteiger charge is 2.51. The van der Waals surface area contributed by atoms with Gasteiger partial charge in [-0.3, -0.25) is 9.78 Å². The number of aromatic nitrogens is 1. The highest BCUT2D eigenvalue weighted by molar-refractivity contribution is 7.88. The van der Waals surface area contributed by atoms with E-state index in [1.807, 2.05) is 6.07 Å². The van der Waals surface area contributed by atoms with Crippen LogP contribution in [0.25, 0.3) is 0 Å². The fourth-order valence-electron chi connectivity index (χ4n) is 7.51. The van der Waals surface area contributed by atoms with E-state index < -0.39 is 15.6 Å². The summed E-state index contributed by atoms with van der Waals surface area (Å²) in [6, 6.07) is 6.38. The average Bonchev–Trinajstić information content (AvgIpc) is 3.22. The molecule has 0 N–H and O–H groups in total. The number of carbonyl (C=O) groups is 1. The van der Waals surface area contributed by atoms with Gasteiger partial charge in [-0.25, -0.2) is 0 Å². The van der Waals surface area contributed by atoms with Crippen LogP contribution in [0.1, 0.15) is 87.1 Å². The van der Waals surface area contributed by atoms with Crippen molar-refractivity contribution in [3.05, 3.63) is 52.8 Å². The van der Waals surface area contributed by atoms with Crippen molar-refractivity contribution in [2.75, 3.05) is 13.7 Å². The van der Waals surface area contributed by atoms with Crippen molar-refractivity contribution in [1.82, 2.24) is 4.98 Å². The Morgan fingerprint density at radius 1 is 1.17 bits per heavy atom. The van der Waals surface area contributed by atoms with Crippen LogP contribution in [0.2, 0.25) is 0 Å². The van der Waals surface area contributed by atoms with Gasteiger partial charge in [0.2, 0.25) is 0 Å². The molecule has 1 saturated carbocycles. The number of fused-ring (bicyclic) bond motifs is 3. The second-order valence-corrected chi connectivity index (χ2v) is 13.8. The molecule has 11 heteroatoms. The molecule has 230 valence electrons. The molecule has 0 saturated heterocycles. The number of nitrogens with zero attached hydrogens (tertiary/aromatic N) is 1. The van der Waals surface area contributed by atoms with Crippen molar-refractivity contribution in [3.8, 4) is 11.5 Å². The van der Waals surface area contributed by atoms with E-state index in [0.717, 1.165) is 61.1 Å². The zero-order valence-corrected chi connectivity index (χ0v) is 25.0. The van der Waals surface area contributed by atoms with E-state index in [-0.39, 0.29) is 34.9 Å². The predicted molar refractivity (Wildman–Crippen MR) is 150 cm³/mol. The second-order valence-electron chi connectivity index (χ2n) is 12.3. The third-order valence-corrected chi connectivity index (χ3v) is 10.5. The maximum Gasteiger partial charge on any atom is 0.534 e. The van der Waals surface area contributed by atoms with Crippen molar-refractivity contribution in [2.45, 2.75) is 88.5 Å². The molecule has 1 spiro atoms. The third kappa shape index (κ3) is 5.85. The molecule has 7 nitrogen and oxygen atoms in total. The topological polar surface area (TPSA) is 91.8 Å². The summed E-state index contributed by atoms with van der Waals surface area (Å²) in [4.78, 5) is 16.8. The Morgan fingerprint density at radius 2 is 1.90 bits per heavy atom. The van der Waals surface area contributed by atoms with Crippen molar-refractivity contribution in [2.24, 2.45) is 17.8 Å². The number of halogens is 3. The lowest BCUT2D eigenvalue weighted by molar-refractivity contribution is -0.147. The number of ether oxygens (including phenoxy) is 2. The summed E-state index contributed by atoms with van der Waals surface area (Å²) >= 11 is 0. The zero-order valence-electron chi connectivity index (χ0n) is 24.2. The molecule has 1 fully saturated rings. The Kier molecular flexibility index (Phi) is 8.53. The third-order valence-electron chi connectivity index (χ3n) is 9.55. The van der Waals surface area contributed by atoms with E-state index in [2.05, 4.69) is 23.0 Å². The molecule has 42 heavy (non-hydrogen) atoms. The highest BCUT2D eigenvalue weighted by atomic mass is 32.2. The Morgan fingerprint density at radius 3 is 2.60 bits per heavy atom. The first-order valence-electron chi connectivity index (χ1n) is 14.7. The van der Waals surface area contributed by atoms with Crippen LogP contribution in [-0.4, -0.2) is 38.6 Å². The van der Waals surface area contributed by atoms with Crippen LogP contribution in [-0.2, 0) is 37.9 Å². The maximum atomic E-state index is 13.0. The molecule has 1 aromatic carbocycles. The number of hydrogen-bond donors (Lipinski definition) is 0. The van der Waals surface area contributed by atoms with E-state index in [1.54, 1.807) is 12.3 Å². The number of pyridine rings is 1. The number of alkyl halides is 3.